The summed E-state index contributed by atoms with van der Waals surface area (Å²) >= 11 is 0. The minimum absolute atomic E-state index is 0.166. The van der Waals surface area contributed by atoms with E-state index in [2.05, 4.69) is 22.5 Å². The van der Waals surface area contributed by atoms with Crippen LogP contribution in [0.15, 0.2) is 54.6 Å². The lowest BCUT2D eigenvalue weighted by molar-refractivity contribution is -0.139. The number of rotatable bonds is 4. The highest BCUT2D eigenvalue weighted by atomic mass is 16.5. The van der Waals surface area contributed by atoms with Crippen molar-refractivity contribution in [3.8, 4) is 5.75 Å². The van der Waals surface area contributed by atoms with Gasteiger partial charge >= 0.3 is 0 Å². The van der Waals surface area contributed by atoms with Gasteiger partial charge in [0.15, 0.2) is 0 Å². The van der Waals surface area contributed by atoms with E-state index in [1.54, 1.807) is 34.1 Å². The number of piperazine rings is 1. The number of hydrogen-bond donors (Lipinski definition) is 2. The van der Waals surface area contributed by atoms with Gasteiger partial charge < -0.3 is 30.1 Å². The summed E-state index contributed by atoms with van der Waals surface area (Å²) in [7, 11) is 0. The Morgan fingerprint density at radius 3 is 2.41 bits per heavy atom. The SMILES string of the molecule is CCN1CCN(C(=O)[C@@H]2CC(=O)N[C@@H](Cc3ccccc3)C(=O)N3CCC[C@@H]3COc3ccccc3C(=O)N2)CC1. The Bertz CT molecular complexity index is 1250. The Kier molecular flexibility index (Phi) is 9.18. The molecule has 10 nitrogen and oxygen atoms in total. The molecule has 2 N–H and O–H groups in total. The minimum Gasteiger partial charge on any atom is -0.491 e. The van der Waals surface area contributed by atoms with Crippen molar-refractivity contribution in [2.24, 2.45) is 0 Å². The number of carbonyl (C=O) groups is 4. The second-order valence-electron chi connectivity index (χ2n) is 10.9. The number of benzene rings is 2. The van der Waals surface area contributed by atoms with Crippen LogP contribution in [0.5, 0.6) is 5.75 Å². The van der Waals surface area contributed by atoms with Crippen molar-refractivity contribution in [1.29, 1.82) is 0 Å². The van der Waals surface area contributed by atoms with E-state index in [0.29, 0.717) is 31.8 Å². The zero-order valence-corrected chi connectivity index (χ0v) is 23.6. The fraction of sp³-hybridized carbons (Fsp3) is 0.484. The number of hydrogen-bond acceptors (Lipinski definition) is 6. The zero-order valence-electron chi connectivity index (χ0n) is 23.6. The van der Waals surface area contributed by atoms with Gasteiger partial charge in [0, 0.05) is 39.1 Å². The number of para-hydroxylation sites is 1. The lowest BCUT2D eigenvalue weighted by atomic mass is 10.0. The predicted molar refractivity (Wildman–Crippen MR) is 153 cm³/mol. The molecule has 2 saturated heterocycles. The number of fused-ring (bicyclic) bond motifs is 2. The molecule has 4 amide bonds. The zero-order chi connectivity index (χ0) is 28.8. The summed E-state index contributed by atoms with van der Waals surface area (Å²) in [4.78, 5) is 60.3. The molecule has 3 atom stereocenters. The summed E-state index contributed by atoms with van der Waals surface area (Å²) in [6.45, 7) is 6.28. The molecule has 3 heterocycles. The van der Waals surface area contributed by atoms with Gasteiger partial charge in [0.2, 0.25) is 17.7 Å². The Morgan fingerprint density at radius 2 is 1.66 bits per heavy atom. The summed E-state index contributed by atoms with van der Waals surface area (Å²) < 4.78 is 6.13. The van der Waals surface area contributed by atoms with Gasteiger partial charge in [-0.15, -0.1) is 0 Å². The van der Waals surface area contributed by atoms with Crippen LogP contribution in [0.25, 0.3) is 0 Å². The van der Waals surface area contributed by atoms with E-state index in [0.717, 1.165) is 38.0 Å². The fourth-order valence-corrected chi connectivity index (χ4v) is 5.89. The van der Waals surface area contributed by atoms with Crippen LogP contribution in [0.2, 0.25) is 0 Å². The molecule has 218 valence electrons. The molecule has 2 fully saturated rings. The van der Waals surface area contributed by atoms with Crippen LogP contribution in [-0.4, -0.2) is 102 Å². The molecule has 2 aromatic carbocycles. The molecule has 10 heteroatoms. The molecule has 5 rings (SSSR count). The molecule has 0 aliphatic carbocycles. The summed E-state index contributed by atoms with van der Waals surface area (Å²) in [6, 6.07) is 14.4. The van der Waals surface area contributed by atoms with Crippen molar-refractivity contribution in [2.45, 2.75) is 50.7 Å². The fourth-order valence-electron chi connectivity index (χ4n) is 5.89. The van der Waals surface area contributed by atoms with Crippen LogP contribution >= 0.6 is 0 Å². The van der Waals surface area contributed by atoms with Crippen LogP contribution in [0.3, 0.4) is 0 Å². The molecule has 3 aliphatic heterocycles. The summed E-state index contributed by atoms with van der Waals surface area (Å²) in [5.41, 5.74) is 1.21. The number of amides is 4. The van der Waals surface area contributed by atoms with E-state index in [9.17, 15) is 19.2 Å². The topological polar surface area (TPSA) is 111 Å². The van der Waals surface area contributed by atoms with Crippen LogP contribution in [0.4, 0.5) is 0 Å². The first kappa shape index (κ1) is 28.6. The number of likely N-dealkylation sites (N-methyl/N-ethyl adjacent to an activating group) is 1. The van der Waals surface area contributed by atoms with E-state index in [-0.39, 0.29) is 36.4 Å². The molecule has 0 radical (unpaired) electrons. The van der Waals surface area contributed by atoms with E-state index < -0.39 is 23.9 Å². The van der Waals surface area contributed by atoms with Gasteiger partial charge in [0.1, 0.15) is 24.4 Å². The van der Waals surface area contributed by atoms with Gasteiger partial charge in [-0.25, -0.2) is 0 Å². The molecular weight excluding hydrogens is 522 g/mol. The van der Waals surface area contributed by atoms with Crippen molar-refractivity contribution in [3.63, 3.8) is 0 Å². The highest BCUT2D eigenvalue weighted by Gasteiger charge is 2.37. The van der Waals surface area contributed by atoms with Crippen LogP contribution in [-0.2, 0) is 20.8 Å². The normalized spacial score (nSPS) is 24.4. The molecule has 2 aromatic rings. The quantitative estimate of drug-likeness (QED) is 0.585. The van der Waals surface area contributed by atoms with Gasteiger partial charge in [0.05, 0.1) is 18.0 Å². The van der Waals surface area contributed by atoms with Crippen LogP contribution in [0.1, 0.15) is 42.1 Å². The minimum atomic E-state index is -1.08. The lowest BCUT2D eigenvalue weighted by Crippen LogP contribution is -2.57. The summed E-state index contributed by atoms with van der Waals surface area (Å²) in [5.74, 6) is -1.02. The van der Waals surface area contributed by atoms with Crippen molar-refractivity contribution in [1.82, 2.24) is 25.3 Å². The average Bonchev–Trinajstić information content (AvgIpc) is 3.47. The summed E-state index contributed by atoms with van der Waals surface area (Å²) in [6.07, 6.45) is 1.65. The second-order valence-corrected chi connectivity index (χ2v) is 10.9. The third-order valence-corrected chi connectivity index (χ3v) is 8.26. The Hall–Kier alpha value is -3.92. The Labute approximate surface area is 241 Å². The van der Waals surface area contributed by atoms with Gasteiger partial charge in [-0.3, -0.25) is 19.2 Å². The van der Waals surface area contributed by atoms with Crippen LogP contribution in [0, 0.1) is 0 Å². The molecule has 0 unspecified atom stereocenters. The van der Waals surface area contributed by atoms with Gasteiger partial charge in [-0.2, -0.15) is 0 Å². The number of nitrogens with zero attached hydrogens (tertiary/aromatic N) is 3. The molecule has 0 aromatic heterocycles. The molecular formula is C31H39N5O5. The first-order valence-corrected chi connectivity index (χ1v) is 14.6. The Morgan fingerprint density at radius 1 is 0.927 bits per heavy atom. The highest BCUT2D eigenvalue weighted by molar-refractivity contribution is 6.01. The van der Waals surface area contributed by atoms with Crippen molar-refractivity contribution in [2.75, 3.05) is 45.9 Å². The molecule has 3 aliphatic rings. The third kappa shape index (κ3) is 6.87. The van der Waals surface area contributed by atoms with Gasteiger partial charge in [0.25, 0.3) is 5.91 Å². The first-order chi connectivity index (χ1) is 19.9. The molecule has 41 heavy (non-hydrogen) atoms. The maximum atomic E-state index is 13.9. The summed E-state index contributed by atoms with van der Waals surface area (Å²) in [5, 5.41) is 5.74. The van der Waals surface area contributed by atoms with E-state index in [4.69, 9.17) is 4.74 Å². The van der Waals surface area contributed by atoms with Crippen molar-refractivity contribution in [3.05, 3.63) is 65.7 Å². The molecule has 0 saturated carbocycles. The van der Waals surface area contributed by atoms with Gasteiger partial charge in [-0.1, -0.05) is 49.4 Å². The third-order valence-electron chi connectivity index (χ3n) is 8.26. The standard InChI is InChI=1S/C31H39N5O5/c1-2-34-15-17-35(18-16-34)30(39)26-20-28(37)32-25(19-22-9-4-3-5-10-22)31(40)36-14-8-11-23(36)21-41-27-13-7-6-12-24(27)29(38)33-26/h3-7,9-10,12-13,23,25-26H,2,8,11,14-21H2,1H3,(H,32,37)(H,33,38)/t23-,25+,26+/m1/s1. The predicted octanol–water partition coefficient (Wildman–Crippen LogP) is 1.45. The maximum Gasteiger partial charge on any atom is 0.255 e. The lowest BCUT2D eigenvalue weighted by Gasteiger charge is -2.36. The average molecular weight is 562 g/mol. The van der Waals surface area contributed by atoms with Crippen LogP contribution < -0.4 is 15.4 Å². The Balaban J connectivity index is 1.44. The molecule has 0 bridgehead atoms. The first-order valence-electron chi connectivity index (χ1n) is 14.6. The smallest absolute Gasteiger partial charge is 0.255 e. The largest absolute Gasteiger partial charge is 0.491 e. The van der Waals surface area contributed by atoms with E-state index >= 15 is 0 Å². The molecule has 0 spiro atoms. The number of carbonyl (C=O) groups excluding carboxylic acids is 4. The number of ether oxygens (including phenoxy) is 1. The van der Waals surface area contributed by atoms with Crippen molar-refractivity contribution >= 4 is 23.6 Å². The van der Waals surface area contributed by atoms with E-state index in [1.807, 2.05) is 30.3 Å². The maximum absolute atomic E-state index is 13.9. The monoisotopic (exact) mass is 561 g/mol. The highest BCUT2D eigenvalue weighted by Crippen LogP contribution is 2.24. The number of nitrogens with one attached hydrogen (secondary N) is 2. The van der Waals surface area contributed by atoms with Crippen molar-refractivity contribution < 1.29 is 23.9 Å². The second kappa shape index (κ2) is 13.2. The van der Waals surface area contributed by atoms with Gasteiger partial charge in [-0.05, 0) is 37.1 Å². The van der Waals surface area contributed by atoms with E-state index in [1.165, 1.54) is 0 Å².